The first kappa shape index (κ1) is 24.6. The van der Waals surface area contributed by atoms with E-state index in [-0.39, 0.29) is 16.7 Å². The number of amides is 1. The first-order chi connectivity index (χ1) is 13.8. The van der Waals surface area contributed by atoms with E-state index in [0.29, 0.717) is 17.4 Å². The Balaban J connectivity index is 1.96. The number of carbonyl (C=O) groups excluding carboxylic acids is 1. The van der Waals surface area contributed by atoms with E-state index in [1.54, 1.807) is 11.0 Å². The highest BCUT2D eigenvalue weighted by atomic mass is 35.5. The number of morpholine rings is 1. The summed E-state index contributed by atoms with van der Waals surface area (Å²) in [4.78, 5) is 17.0. The summed E-state index contributed by atoms with van der Waals surface area (Å²) in [5.41, 5.74) is 0. The molecule has 1 aromatic heterocycles. The maximum Gasteiger partial charge on any atom is 0.252 e. The molecule has 1 amide bonds. The van der Waals surface area contributed by atoms with E-state index in [0.717, 1.165) is 74.2 Å². The van der Waals surface area contributed by atoms with Gasteiger partial charge in [0.05, 0.1) is 24.1 Å². The minimum absolute atomic E-state index is 0.153. The molecule has 1 aliphatic rings. The molecule has 0 N–H and O–H groups in total. The Hall–Kier alpha value is -0.710. The van der Waals surface area contributed by atoms with Gasteiger partial charge >= 0.3 is 0 Å². The van der Waals surface area contributed by atoms with Crippen LogP contribution in [0.25, 0.3) is 0 Å². The largest absolute Gasteiger partial charge is 0.379 e. The third-order valence-corrected chi connectivity index (χ3v) is 8.50. The van der Waals surface area contributed by atoms with Gasteiger partial charge in [0.2, 0.25) is 5.91 Å². The molecule has 1 saturated heterocycles. The van der Waals surface area contributed by atoms with Gasteiger partial charge in [0.1, 0.15) is 4.21 Å². The molecule has 2 rings (SSSR count). The number of likely N-dealkylation sites (N-methyl/N-ethyl adjacent to an activating group) is 1. The Labute approximate surface area is 183 Å². The quantitative estimate of drug-likeness (QED) is 0.444. The molecule has 1 aliphatic heterocycles. The van der Waals surface area contributed by atoms with Crippen LogP contribution in [-0.2, 0) is 19.6 Å². The van der Waals surface area contributed by atoms with Crippen molar-refractivity contribution < 1.29 is 17.9 Å². The van der Waals surface area contributed by atoms with E-state index >= 15 is 0 Å². The van der Waals surface area contributed by atoms with E-state index in [1.165, 1.54) is 13.1 Å². The number of unbranched alkanes of at least 4 members (excludes halogenated alkanes) is 3. The number of sulfonamides is 1. The average molecular weight is 466 g/mol. The highest BCUT2D eigenvalue weighted by Crippen LogP contribution is 2.27. The van der Waals surface area contributed by atoms with Crippen LogP contribution in [-0.4, -0.2) is 88.0 Å². The molecule has 29 heavy (non-hydrogen) atoms. The molecule has 7 nitrogen and oxygen atoms in total. The Morgan fingerprint density at radius 2 is 1.93 bits per heavy atom. The van der Waals surface area contributed by atoms with Crippen LogP contribution >= 0.6 is 22.9 Å². The Bertz CT molecular complexity index is 736. The van der Waals surface area contributed by atoms with Crippen LogP contribution in [0.3, 0.4) is 0 Å². The molecule has 2 heterocycles. The fourth-order valence-corrected chi connectivity index (χ4v) is 5.96. The molecule has 0 unspecified atom stereocenters. The molecule has 0 aromatic carbocycles. The van der Waals surface area contributed by atoms with Crippen molar-refractivity contribution in [1.82, 2.24) is 14.1 Å². The number of carbonyl (C=O) groups is 1. The van der Waals surface area contributed by atoms with Gasteiger partial charge in [-0.05, 0) is 18.6 Å². The van der Waals surface area contributed by atoms with Gasteiger partial charge in [-0.25, -0.2) is 8.42 Å². The van der Waals surface area contributed by atoms with Gasteiger partial charge in [0.15, 0.2) is 0 Å². The number of nitrogens with zero attached hydrogens (tertiary/aromatic N) is 3. The summed E-state index contributed by atoms with van der Waals surface area (Å²) in [6.07, 6.45) is 4.27. The number of hydrogen-bond acceptors (Lipinski definition) is 6. The molecule has 0 atom stereocenters. The maximum absolute atomic E-state index is 12.9. The maximum atomic E-state index is 12.9. The lowest BCUT2D eigenvalue weighted by Gasteiger charge is -2.31. The van der Waals surface area contributed by atoms with Gasteiger partial charge in [-0.1, -0.05) is 37.8 Å². The monoisotopic (exact) mass is 465 g/mol. The van der Waals surface area contributed by atoms with Crippen molar-refractivity contribution in [3.63, 3.8) is 0 Å². The average Bonchev–Trinajstić information content (AvgIpc) is 3.15. The highest BCUT2D eigenvalue weighted by molar-refractivity contribution is 7.91. The van der Waals surface area contributed by atoms with Crippen LogP contribution in [0.2, 0.25) is 4.34 Å². The van der Waals surface area contributed by atoms with Crippen molar-refractivity contribution in [3.05, 3.63) is 16.5 Å². The third-order valence-electron chi connectivity index (χ3n) is 5.00. The van der Waals surface area contributed by atoms with Crippen molar-refractivity contribution in [2.24, 2.45) is 0 Å². The highest BCUT2D eigenvalue weighted by Gasteiger charge is 2.27. The van der Waals surface area contributed by atoms with Crippen LogP contribution in [0.5, 0.6) is 0 Å². The van der Waals surface area contributed by atoms with Crippen LogP contribution < -0.4 is 0 Å². The summed E-state index contributed by atoms with van der Waals surface area (Å²) in [7, 11) is -2.28. The molecule has 0 spiro atoms. The fourth-order valence-electron chi connectivity index (χ4n) is 3.14. The van der Waals surface area contributed by atoms with E-state index in [1.807, 2.05) is 0 Å². The molecule has 166 valence electrons. The van der Waals surface area contributed by atoms with E-state index in [4.69, 9.17) is 16.3 Å². The summed E-state index contributed by atoms with van der Waals surface area (Å²) in [6.45, 7) is 7.18. The lowest BCUT2D eigenvalue weighted by molar-refractivity contribution is -0.131. The molecular formula is C19H32ClN3O4S2. The first-order valence-electron chi connectivity index (χ1n) is 10.1. The standard InChI is InChI=1S/C19H32ClN3O4S2/c1-3-4-5-6-9-23(11-10-22-12-14-27-15-13-22)18(24)16-21(2)29(25,26)19-8-7-17(20)28-19/h7-8H,3-6,9-16H2,1-2H3. The summed E-state index contributed by atoms with van der Waals surface area (Å²) >= 11 is 6.87. The molecule has 0 saturated carbocycles. The summed E-state index contributed by atoms with van der Waals surface area (Å²) in [6, 6.07) is 3.03. The summed E-state index contributed by atoms with van der Waals surface area (Å²) < 4.78 is 32.4. The molecule has 0 bridgehead atoms. The van der Waals surface area contributed by atoms with Crippen LogP contribution in [0.1, 0.15) is 32.6 Å². The van der Waals surface area contributed by atoms with Crippen molar-refractivity contribution in [2.45, 2.75) is 36.8 Å². The number of halogens is 1. The summed E-state index contributed by atoms with van der Waals surface area (Å²) in [5.74, 6) is -0.163. The van der Waals surface area contributed by atoms with Crippen LogP contribution in [0.15, 0.2) is 16.3 Å². The number of ether oxygens (including phenoxy) is 1. The van der Waals surface area contributed by atoms with Gasteiger partial charge in [-0.3, -0.25) is 9.69 Å². The molecule has 0 radical (unpaired) electrons. The predicted octanol–water partition coefficient (Wildman–Crippen LogP) is 2.76. The Kier molecular flexibility index (Phi) is 10.3. The second-order valence-corrected chi connectivity index (χ2v) is 11.2. The number of hydrogen-bond donors (Lipinski definition) is 0. The van der Waals surface area contributed by atoms with Crippen LogP contribution in [0, 0.1) is 0 Å². The zero-order chi connectivity index (χ0) is 21.3. The molecule has 1 aromatic rings. The van der Waals surface area contributed by atoms with Crippen LogP contribution in [0.4, 0.5) is 0 Å². The lowest BCUT2D eigenvalue weighted by Crippen LogP contribution is -2.46. The smallest absolute Gasteiger partial charge is 0.252 e. The van der Waals surface area contributed by atoms with Crippen molar-refractivity contribution in [3.8, 4) is 0 Å². The van der Waals surface area contributed by atoms with E-state index < -0.39 is 10.0 Å². The van der Waals surface area contributed by atoms with Gasteiger partial charge in [-0.15, -0.1) is 11.3 Å². The zero-order valence-corrected chi connectivity index (χ0v) is 19.7. The topological polar surface area (TPSA) is 70.2 Å². The lowest BCUT2D eigenvalue weighted by atomic mass is 10.2. The SMILES string of the molecule is CCCCCCN(CCN1CCOCC1)C(=O)CN(C)S(=O)(=O)c1ccc(Cl)s1. The van der Waals surface area contributed by atoms with Crippen molar-refractivity contribution in [1.29, 1.82) is 0 Å². The minimum atomic E-state index is -3.72. The van der Waals surface area contributed by atoms with Gasteiger partial charge < -0.3 is 9.64 Å². The zero-order valence-electron chi connectivity index (χ0n) is 17.3. The van der Waals surface area contributed by atoms with Gasteiger partial charge in [0.25, 0.3) is 10.0 Å². The van der Waals surface area contributed by atoms with E-state index in [2.05, 4.69) is 11.8 Å². The van der Waals surface area contributed by atoms with E-state index in [9.17, 15) is 13.2 Å². The minimum Gasteiger partial charge on any atom is -0.379 e. The number of rotatable bonds is 12. The second kappa shape index (κ2) is 12.2. The molecule has 0 aliphatic carbocycles. The Morgan fingerprint density at radius 3 is 2.55 bits per heavy atom. The van der Waals surface area contributed by atoms with Gasteiger partial charge in [0, 0.05) is 39.8 Å². The molecule has 1 fully saturated rings. The van der Waals surface area contributed by atoms with Gasteiger partial charge in [-0.2, -0.15) is 4.31 Å². The van der Waals surface area contributed by atoms with Crippen molar-refractivity contribution in [2.75, 3.05) is 59.5 Å². The second-order valence-electron chi connectivity index (χ2n) is 7.22. The van der Waals surface area contributed by atoms with Crippen molar-refractivity contribution >= 4 is 38.9 Å². The fraction of sp³-hybridized carbons (Fsp3) is 0.737. The predicted molar refractivity (Wildman–Crippen MR) is 117 cm³/mol. The third kappa shape index (κ3) is 7.80. The Morgan fingerprint density at radius 1 is 1.21 bits per heavy atom. The molecular weight excluding hydrogens is 434 g/mol. The summed E-state index contributed by atoms with van der Waals surface area (Å²) in [5, 5.41) is 0. The number of thiophene rings is 1. The normalized spacial score (nSPS) is 15.7. The first-order valence-corrected chi connectivity index (χ1v) is 12.8. The molecule has 10 heteroatoms.